The molecule has 0 fully saturated rings. The topological polar surface area (TPSA) is 84.3 Å². The molecule has 32 heavy (non-hydrogen) atoms. The highest BCUT2D eigenvalue weighted by atomic mass is 16.6. The van der Waals surface area contributed by atoms with E-state index < -0.39 is 11.7 Å². The molecule has 3 aromatic rings. The summed E-state index contributed by atoms with van der Waals surface area (Å²) in [6.07, 6.45) is 1.14. The maximum atomic E-state index is 11.9. The van der Waals surface area contributed by atoms with Crippen molar-refractivity contribution in [3.63, 3.8) is 0 Å². The number of amides is 1. The van der Waals surface area contributed by atoms with Crippen molar-refractivity contribution in [3.05, 3.63) is 76.5 Å². The fourth-order valence-electron chi connectivity index (χ4n) is 3.50. The van der Waals surface area contributed by atoms with Crippen LogP contribution in [0.1, 0.15) is 43.3 Å². The highest BCUT2D eigenvalue weighted by Gasteiger charge is 2.20. The molecule has 7 nitrogen and oxygen atoms in total. The lowest BCUT2D eigenvalue weighted by molar-refractivity contribution is 0.0635. The van der Waals surface area contributed by atoms with Crippen molar-refractivity contribution in [2.24, 2.45) is 0 Å². The molecule has 0 atom stereocenters. The van der Waals surface area contributed by atoms with Crippen molar-refractivity contribution in [2.75, 3.05) is 5.32 Å². The van der Waals surface area contributed by atoms with E-state index in [1.54, 1.807) is 45.2 Å². The lowest BCUT2D eigenvalue weighted by Gasteiger charge is -2.19. The number of benzene rings is 1. The first-order chi connectivity index (χ1) is 15.1. The zero-order valence-electron chi connectivity index (χ0n) is 18.9. The van der Waals surface area contributed by atoms with E-state index in [-0.39, 0.29) is 0 Å². The summed E-state index contributed by atoms with van der Waals surface area (Å²) in [6.45, 7) is 17.0. The van der Waals surface area contributed by atoms with Crippen LogP contribution in [-0.4, -0.2) is 21.2 Å². The van der Waals surface area contributed by atoms with Crippen molar-refractivity contribution < 1.29 is 9.53 Å². The van der Waals surface area contributed by atoms with Crippen molar-refractivity contribution in [3.8, 4) is 17.2 Å². The second-order valence-electron chi connectivity index (χ2n) is 8.46. The summed E-state index contributed by atoms with van der Waals surface area (Å²) in [5.74, 6) is 0.405. The van der Waals surface area contributed by atoms with Gasteiger partial charge in [0.05, 0.1) is 12.1 Å². The molecule has 162 valence electrons. The Labute approximate surface area is 188 Å². The normalized spacial score (nSPS) is 10.8. The van der Waals surface area contributed by atoms with Crippen molar-refractivity contribution >= 4 is 17.6 Å². The van der Waals surface area contributed by atoms with Crippen LogP contribution in [-0.2, 0) is 11.3 Å². The van der Waals surface area contributed by atoms with Crippen LogP contribution < -0.4 is 5.32 Å². The maximum Gasteiger partial charge on any atom is 0.413 e. The Morgan fingerprint density at radius 2 is 1.88 bits per heavy atom. The number of hydrogen-bond acceptors (Lipinski definition) is 4. The molecule has 2 aromatic heterocycles. The predicted octanol–water partition coefficient (Wildman–Crippen LogP) is 5.98. The lowest BCUT2D eigenvalue weighted by Crippen LogP contribution is -2.27. The second kappa shape index (κ2) is 8.95. The van der Waals surface area contributed by atoms with Gasteiger partial charge in [0.1, 0.15) is 17.5 Å². The predicted molar refractivity (Wildman–Crippen MR) is 124 cm³/mol. The number of anilines is 1. The van der Waals surface area contributed by atoms with Gasteiger partial charge in [0.15, 0.2) is 5.69 Å². The van der Waals surface area contributed by atoms with Crippen LogP contribution in [0.3, 0.4) is 0 Å². The van der Waals surface area contributed by atoms with Crippen molar-refractivity contribution in [1.82, 2.24) is 9.55 Å². The molecule has 0 unspecified atom stereocenters. The Morgan fingerprint density at radius 1 is 1.19 bits per heavy atom. The van der Waals surface area contributed by atoms with Crippen LogP contribution in [0.5, 0.6) is 0 Å². The van der Waals surface area contributed by atoms with Gasteiger partial charge in [-0.3, -0.25) is 5.32 Å². The van der Waals surface area contributed by atoms with Gasteiger partial charge in [-0.15, -0.1) is 0 Å². The molecular formula is C25H25N5O2. The van der Waals surface area contributed by atoms with Gasteiger partial charge in [0, 0.05) is 29.7 Å². The van der Waals surface area contributed by atoms with E-state index in [2.05, 4.69) is 25.8 Å². The lowest BCUT2D eigenvalue weighted by atomic mass is 10.0. The number of aromatic nitrogens is 2. The smallest absolute Gasteiger partial charge is 0.413 e. The van der Waals surface area contributed by atoms with Crippen LogP contribution in [0.25, 0.3) is 16.0 Å². The number of nitrogens with zero attached hydrogens (tertiary/aromatic N) is 4. The molecule has 0 aliphatic carbocycles. The van der Waals surface area contributed by atoms with Crippen LogP contribution in [0, 0.1) is 31.8 Å². The Balaban J connectivity index is 1.85. The summed E-state index contributed by atoms with van der Waals surface area (Å²) >= 11 is 0. The number of carbonyl (C=O) groups excluding carboxylic acids is 1. The van der Waals surface area contributed by atoms with E-state index in [0.29, 0.717) is 23.6 Å². The van der Waals surface area contributed by atoms with Gasteiger partial charge >= 0.3 is 6.09 Å². The number of pyridine rings is 1. The van der Waals surface area contributed by atoms with Crippen LogP contribution in [0.4, 0.5) is 16.3 Å². The number of nitriles is 1. The third-order valence-electron chi connectivity index (χ3n) is 4.97. The maximum absolute atomic E-state index is 11.9. The summed E-state index contributed by atoms with van der Waals surface area (Å²) in [6, 6.07) is 13.2. The zero-order chi connectivity index (χ0) is 23.5. The average molecular weight is 428 g/mol. The van der Waals surface area contributed by atoms with Gasteiger partial charge in [-0.25, -0.2) is 14.6 Å². The average Bonchev–Trinajstić information content (AvgIpc) is 2.97. The Kier molecular flexibility index (Phi) is 6.32. The van der Waals surface area contributed by atoms with E-state index in [4.69, 9.17) is 11.3 Å². The molecule has 1 aromatic carbocycles. The molecule has 3 rings (SSSR count). The molecule has 0 bridgehead atoms. The summed E-state index contributed by atoms with van der Waals surface area (Å²) < 4.78 is 7.32. The number of ether oxygens (including phenoxy) is 1. The first kappa shape index (κ1) is 22.6. The van der Waals surface area contributed by atoms with Gasteiger partial charge in [-0.2, -0.15) is 5.26 Å². The van der Waals surface area contributed by atoms with E-state index in [9.17, 15) is 10.1 Å². The fourth-order valence-corrected chi connectivity index (χ4v) is 3.50. The van der Waals surface area contributed by atoms with E-state index in [1.807, 2.05) is 32.0 Å². The first-order valence-electron chi connectivity index (χ1n) is 10.2. The molecule has 1 N–H and O–H groups in total. The van der Waals surface area contributed by atoms with Gasteiger partial charge in [0.2, 0.25) is 0 Å². The Bertz CT molecular complexity index is 1220. The van der Waals surface area contributed by atoms with Crippen molar-refractivity contribution in [2.45, 2.75) is 46.8 Å². The molecule has 0 spiro atoms. The second-order valence-corrected chi connectivity index (χ2v) is 8.46. The minimum absolute atomic E-state index is 0.405. The SMILES string of the molecule is [C-]#[N+]c1ccc(-c2c(C#N)c(C)n(Cc3ccc(NC(=O)OC(C)(C)C)nc3)c2C)cc1. The summed E-state index contributed by atoms with van der Waals surface area (Å²) in [4.78, 5) is 19.7. The van der Waals surface area contributed by atoms with Gasteiger partial charge < -0.3 is 9.30 Å². The third kappa shape index (κ3) is 4.96. The summed E-state index contributed by atoms with van der Waals surface area (Å²) in [5, 5.41) is 12.4. The number of nitrogens with one attached hydrogen (secondary N) is 1. The van der Waals surface area contributed by atoms with Crippen molar-refractivity contribution in [1.29, 1.82) is 5.26 Å². The van der Waals surface area contributed by atoms with Gasteiger partial charge in [-0.1, -0.05) is 30.3 Å². The molecule has 7 heteroatoms. The Morgan fingerprint density at radius 3 is 2.41 bits per heavy atom. The minimum Gasteiger partial charge on any atom is -0.444 e. The molecule has 0 saturated heterocycles. The van der Waals surface area contributed by atoms with Crippen LogP contribution in [0.2, 0.25) is 0 Å². The Hall–Kier alpha value is -4.10. The first-order valence-corrected chi connectivity index (χ1v) is 10.2. The minimum atomic E-state index is -0.583. The number of hydrogen-bond donors (Lipinski definition) is 1. The largest absolute Gasteiger partial charge is 0.444 e. The van der Waals surface area contributed by atoms with E-state index in [1.165, 1.54) is 0 Å². The molecule has 2 heterocycles. The molecule has 0 aliphatic rings. The van der Waals surface area contributed by atoms with E-state index >= 15 is 0 Å². The third-order valence-corrected chi connectivity index (χ3v) is 4.97. The highest BCUT2D eigenvalue weighted by Crippen LogP contribution is 2.33. The zero-order valence-corrected chi connectivity index (χ0v) is 18.9. The van der Waals surface area contributed by atoms with Crippen LogP contribution >= 0.6 is 0 Å². The summed E-state index contributed by atoms with van der Waals surface area (Å²) in [7, 11) is 0. The monoisotopic (exact) mass is 427 g/mol. The van der Waals surface area contributed by atoms with Gasteiger partial charge in [0.25, 0.3) is 0 Å². The molecule has 0 aliphatic heterocycles. The van der Waals surface area contributed by atoms with Crippen LogP contribution in [0.15, 0.2) is 42.6 Å². The quantitative estimate of drug-likeness (QED) is 0.519. The van der Waals surface area contributed by atoms with Gasteiger partial charge in [-0.05, 0) is 51.8 Å². The standard InChI is InChI=1S/C25H25N5O2/c1-16-21(13-26)23(19-8-10-20(27-6)11-9-19)17(2)30(16)15-18-7-12-22(28-14-18)29-24(31)32-25(3,4)5/h7-12,14H,15H2,1-5H3,(H,28,29,31). The van der Waals surface area contributed by atoms with E-state index in [0.717, 1.165) is 28.1 Å². The number of rotatable bonds is 4. The molecule has 0 radical (unpaired) electrons. The molecule has 0 saturated carbocycles. The highest BCUT2D eigenvalue weighted by molar-refractivity contribution is 5.83. The molecular weight excluding hydrogens is 402 g/mol. The molecule has 1 amide bonds. The number of carbonyl (C=O) groups is 1. The fraction of sp³-hybridized carbons (Fsp3) is 0.280. The summed E-state index contributed by atoms with van der Waals surface area (Å²) in [5.41, 5.74) is 5.14.